The van der Waals surface area contributed by atoms with E-state index < -0.39 is 17.9 Å². The van der Waals surface area contributed by atoms with Gasteiger partial charge in [-0.25, -0.2) is 4.79 Å². The fourth-order valence-electron chi connectivity index (χ4n) is 4.43. The van der Waals surface area contributed by atoms with Gasteiger partial charge in [-0.15, -0.1) is 11.6 Å². The molecule has 3 aromatic rings. The number of phenols is 1. The van der Waals surface area contributed by atoms with Crippen LogP contribution in [-0.2, 0) is 20.8 Å². The quantitative estimate of drug-likeness (QED) is 0.496. The highest BCUT2D eigenvalue weighted by Gasteiger charge is 2.42. The number of alkyl halides is 1. The summed E-state index contributed by atoms with van der Waals surface area (Å²) in [5, 5.41) is 12.3. The number of rotatable bonds is 5. The van der Waals surface area contributed by atoms with Crippen molar-refractivity contribution in [3.63, 3.8) is 0 Å². The summed E-state index contributed by atoms with van der Waals surface area (Å²) < 4.78 is 0. The summed E-state index contributed by atoms with van der Waals surface area (Å²) in [6.07, 6.45) is 0.388. The molecule has 2 aliphatic rings. The number of phenolic OH excluding ortho intramolecular Hbond substituents is 1. The lowest BCUT2D eigenvalue weighted by molar-refractivity contribution is -0.273. The molecule has 1 saturated heterocycles. The first-order valence-corrected chi connectivity index (χ1v) is 11.0. The van der Waals surface area contributed by atoms with Crippen molar-refractivity contribution < 1.29 is 24.3 Å². The zero-order valence-electron chi connectivity index (χ0n) is 17.7. The van der Waals surface area contributed by atoms with Gasteiger partial charge < -0.3 is 19.8 Å². The molecule has 2 aliphatic heterocycles. The van der Waals surface area contributed by atoms with Crippen LogP contribution in [0.2, 0.25) is 0 Å². The molecule has 1 aromatic heterocycles. The van der Waals surface area contributed by atoms with Crippen molar-refractivity contribution in [2.24, 2.45) is 0 Å². The number of hydrogen-bond acceptors (Lipinski definition) is 6. The molecule has 170 valence electrons. The van der Waals surface area contributed by atoms with Crippen LogP contribution in [0.3, 0.4) is 0 Å². The number of amides is 2. The molecule has 2 aromatic carbocycles. The molecule has 3 heterocycles. The number of aromatic nitrogens is 1. The number of hydroxylamine groups is 1. The van der Waals surface area contributed by atoms with E-state index in [2.05, 4.69) is 10.4 Å². The van der Waals surface area contributed by atoms with Crippen molar-refractivity contribution in [3.8, 4) is 5.75 Å². The van der Waals surface area contributed by atoms with Gasteiger partial charge in [-0.2, -0.15) is 0 Å². The number of H-pyrrole nitrogens is 1. The summed E-state index contributed by atoms with van der Waals surface area (Å²) in [5.74, 6) is -1.04. The Morgan fingerprint density at radius 3 is 2.70 bits per heavy atom. The van der Waals surface area contributed by atoms with Crippen molar-refractivity contribution in [3.05, 3.63) is 59.3 Å². The molecule has 5 rings (SSSR count). The summed E-state index contributed by atoms with van der Waals surface area (Å²) >= 11 is 6.16. The van der Waals surface area contributed by atoms with Crippen LogP contribution in [0.4, 0.5) is 5.69 Å². The number of anilines is 1. The minimum atomic E-state index is -0.636. The molecule has 3 N–H and O–H groups in total. The molecule has 1 unspecified atom stereocenters. The van der Waals surface area contributed by atoms with Crippen LogP contribution < -0.4 is 10.3 Å². The molecule has 10 heteroatoms. The van der Waals surface area contributed by atoms with Crippen molar-refractivity contribution in [2.45, 2.75) is 25.3 Å². The number of benzene rings is 2. The standard InChI is InChI=1S/C23H21ClN4O5/c1-12(29)27-11-14(10-24)20-15-8-16(25-21(15)19(30)9-17(20)27)22(31)26-28-18(23(32)33-28)7-13-5-3-2-4-6-13/h2-6,8-9,14,18,25,30H,7,10-11H2,1H3,(H,26,31)/t14?,18-/m0/s1. The highest BCUT2D eigenvalue weighted by atomic mass is 35.5. The third-order valence-corrected chi connectivity index (χ3v) is 6.43. The Hall–Kier alpha value is -3.56. The summed E-state index contributed by atoms with van der Waals surface area (Å²) in [6, 6.07) is 11.9. The number of fused-ring (bicyclic) bond motifs is 3. The highest BCUT2D eigenvalue weighted by molar-refractivity contribution is 6.19. The molecule has 2 atom stereocenters. The van der Waals surface area contributed by atoms with E-state index in [1.54, 1.807) is 11.0 Å². The number of carbonyl (C=O) groups is 3. The van der Waals surface area contributed by atoms with Gasteiger partial charge in [0.15, 0.2) is 6.04 Å². The van der Waals surface area contributed by atoms with Crippen molar-refractivity contribution in [1.82, 2.24) is 15.6 Å². The first kappa shape index (κ1) is 21.3. The molecule has 0 bridgehead atoms. The number of hydrogen-bond donors (Lipinski definition) is 3. The number of aromatic hydroxyl groups is 1. The number of nitrogens with zero attached hydrogens (tertiary/aromatic N) is 2. The second-order valence-corrected chi connectivity index (χ2v) is 8.47. The lowest BCUT2D eigenvalue weighted by atomic mass is 9.98. The number of halogens is 1. The summed E-state index contributed by atoms with van der Waals surface area (Å²) in [7, 11) is 0. The van der Waals surface area contributed by atoms with E-state index in [1.165, 1.54) is 13.0 Å². The van der Waals surface area contributed by atoms with Crippen LogP contribution in [0.15, 0.2) is 42.5 Å². The Labute approximate surface area is 193 Å². The molecule has 0 spiro atoms. The fraction of sp³-hybridized carbons (Fsp3) is 0.261. The van der Waals surface area contributed by atoms with E-state index >= 15 is 0 Å². The zero-order valence-corrected chi connectivity index (χ0v) is 18.4. The Morgan fingerprint density at radius 1 is 1.27 bits per heavy atom. The Bertz CT molecular complexity index is 1270. The third kappa shape index (κ3) is 3.59. The average molecular weight is 469 g/mol. The molecule has 0 aliphatic carbocycles. The number of hydrazine groups is 1. The smallest absolute Gasteiger partial charge is 0.350 e. The molecule has 0 radical (unpaired) electrons. The van der Waals surface area contributed by atoms with Crippen LogP contribution in [0.25, 0.3) is 10.9 Å². The maximum atomic E-state index is 12.9. The van der Waals surface area contributed by atoms with Crippen molar-refractivity contribution in [2.75, 3.05) is 17.3 Å². The lowest BCUT2D eigenvalue weighted by Gasteiger charge is -2.36. The van der Waals surface area contributed by atoms with E-state index in [9.17, 15) is 19.5 Å². The van der Waals surface area contributed by atoms with Crippen LogP contribution in [0, 0.1) is 0 Å². The molecule has 0 saturated carbocycles. The zero-order chi connectivity index (χ0) is 23.3. The number of aromatic amines is 1. The molecular formula is C23H21ClN4O5. The van der Waals surface area contributed by atoms with Gasteiger partial charge in [0, 0.05) is 43.1 Å². The number of nitrogens with one attached hydrogen (secondary N) is 2. The topological polar surface area (TPSA) is 115 Å². The summed E-state index contributed by atoms with van der Waals surface area (Å²) in [6.45, 7) is 1.86. The van der Waals surface area contributed by atoms with E-state index in [0.717, 1.165) is 16.3 Å². The van der Waals surface area contributed by atoms with Gasteiger partial charge in [0.2, 0.25) is 5.91 Å². The first-order valence-electron chi connectivity index (χ1n) is 10.5. The maximum absolute atomic E-state index is 12.9. The number of carbonyl (C=O) groups excluding carboxylic acids is 3. The summed E-state index contributed by atoms with van der Waals surface area (Å²) in [5.41, 5.74) is 5.46. The van der Waals surface area contributed by atoms with Gasteiger partial charge in [0.05, 0.1) is 11.2 Å². The SMILES string of the molecule is CC(=O)N1CC(CCl)c2c1cc(O)c1[nH]c(C(=O)NN3OC(=O)[C@@H]3Cc3ccccc3)cc21. The molecular weight excluding hydrogens is 448 g/mol. The van der Waals surface area contributed by atoms with E-state index in [4.69, 9.17) is 16.4 Å². The van der Waals surface area contributed by atoms with Crippen LogP contribution in [0.5, 0.6) is 5.75 Å². The van der Waals surface area contributed by atoms with Gasteiger partial charge in [-0.05, 0) is 22.4 Å². The van der Waals surface area contributed by atoms with Gasteiger partial charge in [0.25, 0.3) is 5.91 Å². The highest BCUT2D eigenvalue weighted by Crippen LogP contribution is 2.45. The third-order valence-electron chi connectivity index (χ3n) is 6.05. The van der Waals surface area contributed by atoms with Gasteiger partial charge >= 0.3 is 5.97 Å². The van der Waals surface area contributed by atoms with Crippen LogP contribution in [-0.4, -0.2) is 51.5 Å². The maximum Gasteiger partial charge on any atom is 0.350 e. The molecule has 1 fully saturated rings. The molecule has 9 nitrogen and oxygen atoms in total. The normalized spacial score (nSPS) is 19.8. The van der Waals surface area contributed by atoms with Gasteiger partial charge in [0.1, 0.15) is 11.4 Å². The van der Waals surface area contributed by atoms with Crippen LogP contribution >= 0.6 is 11.6 Å². The Balaban J connectivity index is 1.41. The van der Waals surface area contributed by atoms with Crippen molar-refractivity contribution >= 4 is 46.0 Å². The molecule has 2 amide bonds. The first-order chi connectivity index (χ1) is 15.9. The van der Waals surface area contributed by atoms with Gasteiger partial charge in [-0.1, -0.05) is 30.3 Å². The van der Waals surface area contributed by atoms with E-state index in [0.29, 0.717) is 29.6 Å². The average Bonchev–Trinajstić information content (AvgIpc) is 3.40. The van der Waals surface area contributed by atoms with E-state index in [1.807, 2.05) is 30.3 Å². The fourth-order valence-corrected chi connectivity index (χ4v) is 4.68. The predicted octanol–water partition coefficient (Wildman–Crippen LogP) is 2.59. The molecule has 33 heavy (non-hydrogen) atoms. The van der Waals surface area contributed by atoms with Crippen LogP contribution in [0.1, 0.15) is 34.5 Å². The Morgan fingerprint density at radius 2 is 2.03 bits per heavy atom. The predicted molar refractivity (Wildman–Crippen MR) is 121 cm³/mol. The largest absolute Gasteiger partial charge is 0.506 e. The summed E-state index contributed by atoms with van der Waals surface area (Å²) in [4.78, 5) is 46.4. The lowest BCUT2D eigenvalue weighted by Crippen LogP contribution is -2.63. The second-order valence-electron chi connectivity index (χ2n) is 8.16. The van der Waals surface area contributed by atoms with Gasteiger partial charge in [-0.3, -0.25) is 15.0 Å². The van der Waals surface area contributed by atoms with Crippen molar-refractivity contribution in [1.29, 1.82) is 0 Å². The van der Waals surface area contributed by atoms with E-state index in [-0.39, 0.29) is 29.1 Å². The minimum Gasteiger partial charge on any atom is -0.506 e. The Kier molecular flexibility index (Phi) is 5.22. The second kappa shape index (κ2) is 8.09. The monoisotopic (exact) mass is 468 g/mol. The minimum absolute atomic E-state index is 0.0818.